The van der Waals surface area contributed by atoms with Crippen molar-refractivity contribution in [3.8, 4) is 17.2 Å². The number of hydrogen-bond acceptors (Lipinski definition) is 3. The third-order valence-electron chi connectivity index (χ3n) is 8.98. The summed E-state index contributed by atoms with van der Waals surface area (Å²) in [6, 6.07) is 49.9. The summed E-state index contributed by atoms with van der Waals surface area (Å²) in [6.45, 7) is 0. The third kappa shape index (κ3) is 3.31. The van der Waals surface area contributed by atoms with Gasteiger partial charge in [-0.3, -0.25) is 4.57 Å². The molecule has 0 saturated carbocycles. The van der Waals surface area contributed by atoms with Gasteiger partial charge in [-0.2, -0.15) is 0 Å². The lowest BCUT2D eigenvalue weighted by Crippen LogP contribution is -2.03. The fourth-order valence-electron chi connectivity index (χ4n) is 6.95. The highest BCUT2D eigenvalue weighted by molar-refractivity contribution is 7.26. The molecule has 0 unspecified atom stereocenters. The van der Waals surface area contributed by atoms with Crippen LogP contribution in [0.15, 0.2) is 140 Å². The SMILES string of the molecule is c1ccc(-c2nc(-n3c4ccccc4c4cc5c(cc43)sc3c4ccccc4ccc53)nc3c2ccc2ccccc23)cc1. The Morgan fingerprint density at radius 2 is 1.14 bits per heavy atom. The van der Waals surface area contributed by atoms with Gasteiger partial charge >= 0.3 is 0 Å². The Morgan fingerprint density at radius 1 is 0.455 bits per heavy atom. The van der Waals surface area contributed by atoms with Gasteiger partial charge in [0.05, 0.1) is 22.2 Å². The van der Waals surface area contributed by atoms with Crippen molar-refractivity contribution < 1.29 is 0 Å². The molecule has 0 fully saturated rings. The van der Waals surface area contributed by atoms with Crippen LogP contribution in [0, 0.1) is 0 Å². The first-order valence-corrected chi connectivity index (χ1v) is 15.7. The summed E-state index contributed by atoms with van der Waals surface area (Å²) in [5.41, 5.74) is 5.21. The van der Waals surface area contributed by atoms with Crippen molar-refractivity contribution in [1.29, 1.82) is 0 Å². The van der Waals surface area contributed by atoms with Crippen LogP contribution in [-0.2, 0) is 0 Å². The number of benzene rings is 7. The molecule has 10 rings (SSSR count). The lowest BCUT2D eigenvalue weighted by Gasteiger charge is -2.13. The van der Waals surface area contributed by atoms with Crippen LogP contribution in [0.2, 0.25) is 0 Å². The van der Waals surface area contributed by atoms with Gasteiger partial charge in [0.15, 0.2) is 0 Å². The minimum Gasteiger partial charge on any atom is -0.278 e. The Bertz CT molecular complexity index is 2770. The van der Waals surface area contributed by atoms with E-state index in [0.29, 0.717) is 5.95 Å². The Morgan fingerprint density at radius 3 is 1.98 bits per heavy atom. The number of nitrogens with zero attached hydrogens (tertiary/aromatic N) is 3. The minimum absolute atomic E-state index is 0.685. The average Bonchev–Trinajstić information content (AvgIpc) is 3.62. The number of para-hydroxylation sites is 1. The van der Waals surface area contributed by atoms with Gasteiger partial charge in [0.1, 0.15) is 0 Å². The topological polar surface area (TPSA) is 30.7 Å². The molecule has 0 amide bonds. The summed E-state index contributed by atoms with van der Waals surface area (Å²) in [6.07, 6.45) is 0. The van der Waals surface area contributed by atoms with Crippen molar-refractivity contribution in [1.82, 2.24) is 14.5 Å². The molecular formula is C40H23N3S. The maximum atomic E-state index is 5.35. The van der Waals surface area contributed by atoms with Gasteiger partial charge in [-0.1, -0.05) is 115 Å². The van der Waals surface area contributed by atoms with Crippen LogP contribution in [0.5, 0.6) is 0 Å². The van der Waals surface area contributed by atoms with Crippen LogP contribution in [0.1, 0.15) is 0 Å². The molecule has 0 aliphatic heterocycles. The zero-order chi connectivity index (χ0) is 28.8. The molecule has 4 heteroatoms. The summed E-state index contributed by atoms with van der Waals surface area (Å²) in [5, 5.41) is 10.9. The van der Waals surface area contributed by atoms with Crippen LogP contribution in [0.3, 0.4) is 0 Å². The van der Waals surface area contributed by atoms with Crippen molar-refractivity contribution in [2.24, 2.45) is 0 Å². The number of fused-ring (bicyclic) bond motifs is 11. The third-order valence-corrected chi connectivity index (χ3v) is 10.2. The molecule has 0 aliphatic carbocycles. The van der Waals surface area contributed by atoms with Gasteiger partial charge in [0.2, 0.25) is 5.95 Å². The number of rotatable bonds is 2. The Hall–Kier alpha value is -5.58. The van der Waals surface area contributed by atoms with E-state index in [1.807, 2.05) is 11.3 Å². The molecule has 0 radical (unpaired) electrons. The first-order chi connectivity index (χ1) is 21.8. The Labute approximate surface area is 256 Å². The van der Waals surface area contributed by atoms with Gasteiger partial charge in [-0.05, 0) is 40.4 Å². The van der Waals surface area contributed by atoms with Crippen molar-refractivity contribution in [3.05, 3.63) is 140 Å². The lowest BCUT2D eigenvalue weighted by molar-refractivity contribution is 1.02. The molecule has 0 N–H and O–H groups in total. The van der Waals surface area contributed by atoms with Crippen molar-refractivity contribution >= 4 is 85.8 Å². The summed E-state index contributed by atoms with van der Waals surface area (Å²) in [7, 11) is 0. The van der Waals surface area contributed by atoms with Gasteiger partial charge in [-0.15, -0.1) is 11.3 Å². The molecule has 0 saturated heterocycles. The van der Waals surface area contributed by atoms with Gasteiger partial charge < -0.3 is 0 Å². The molecule has 44 heavy (non-hydrogen) atoms. The van der Waals surface area contributed by atoms with E-state index in [-0.39, 0.29) is 0 Å². The van der Waals surface area contributed by atoms with Crippen LogP contribution in [-0.4, -0.2) is 14.5 Å². The van der Waals surface area contributed by atoms with E-state index in [4.69, 9.17) is 9.97 Å². The number of hydrogen-bond donors (Lipinski definition) is 0. The first-order valence-electron chi connectivity index (χ1n) is 14.8. The molecule has 7 aromatic carbocycles. The smallest absolute Gasteiger partial charge is 0.235 e. The average molecular weight is 578 g/mol. The Balaban J connectivity index is 1.35. The van der Waals surface area contributed by atoms with Gasteiger partial charge in [0, 0.05) is 47.3 Å². The van der Waals surface area contributed by atoms with E-state index >= 15 is 0 Å². The molecule has 3 nitrogen and oxygen atoms in total. The second kappa shape index (κ2) is 8.96. The maximum Gasteiger partial charge on any atom is 0.235 e. The van der Waals surface area contributed by atoms with E-state index in [0.717, 1.165) is 38.6 Å². The molecule has 204 valence electrons. The molecule has 0 aliphatic rings. The van der Waals surface area contributed by atoms with Crippen molar-refractivity contribution in [3.63, 3.8) is 0 Å². The van der Waals surface area contributed by atoms with Crippen LogP contribution >= 0.6 is 11.3 Å². The lowest BCUT2D eigenvalue weighted by atomic mass is 10.0. The highest BCUT2D eigenvalue weighted by atomic mass is 32.1. The highest BCUT2D eigenvalue weighted by Crippen LogP contribution is 2.43. The molecular weight excluding hydrogens is 555 g/mol. The molecule has 3 aromatic heterocycles. The largest absolute Gasteiger partial charge is 0.278 e. The Kier molecular flexibility index (Phi) is 4.87. The van der Waals surface area contributed by atoms with E-state index in [1.165, 1.54) is 47.1 Å². The van der Waals surface area contributed by atoms with Gasteiger partial charge in [-0.25, -0.2) is 9.97 Å². The fraction of sp³-hybridized carbons (Fsp3) is 0. The summed E-state index contributed by atoms with van der Waals surface area (Å²) >= 11 is 1.87. The predicted octanol–water partition coefficient (Wildman–Crippen LogP) is 11.1. The van der Waals surface area contributed by atoms with E-state index in [9.17, 15) is 0 Å². The molecule has 0 spiro atoms. The van der Waals surface area contributed by atoms with Gasteiger partial charge in [0.25, 0.3) is 0 Å². The molecule has 10 aromatic rings. The normalized spacial score (nSPS) is 12.1. The summed E-state index contributed by atoms with van der Waals surface area (Å²) < 4.78 is 4.86. The van der Waals surface area contributed by atoms with Crippen LogP contribution < -0.4 is 0 Å². The maximum absolute atomic E-state index is 5.35. The van der Waals surface area contributed by atoms with E-state index < -0.39 is 0 Å². The summed E-state index contributed by atoms with van der Waals surface area (Å²) in [5.74, 6) is 0.685. The molecule has 0 bridgehead atoms. The standard InChI is InChI=1S/C40H23N3S/c1-2-12-26(13-3-1)37-31-21-19-24-10-4-6-14-27(24)38(31)42-40(41-37)43-34-17-9-8-16-29(34)32-22-33-30-20-18-25-11-5-7-15-28(25)39(30)44-36(33)23-35(32)43/h1-23H. The zero-order valence-electron chi connectivity index (χ0n) is 23.5. The van der Waals surface area contributed by atoms with Crippen LogP contribution in [0.25, 0.3) is 91.6 Å². The number of aromatic nitrogens is 3. The summed E-state index contributed by atoms with van der Waals surface area (Å²) in [4.78, 5) is 10.7. The zero-order valence-corrected chi connectivity index (χ0v) is 24.3. The van der Waals surface area contributed by atoms with Crippen LogP contribution in [0.4, 0.5) is 0 Å². The monoisotopic (exact) mass is 577 g/mol. The van der Waals surface area contributed by atoms with E-state index in [1.54, 1.807) is 0 Å². The number of thiophene rings is 1. The second-order valence-corrected chi connectivity index (χ2v) is 12.5. The predicted molar refractivity (Wildman–Crippen MR) is 187 cm³/mol. The van der Waals surface area contributed by atoms with Crippen molar-refractivity contribution in [2.75, 3.05) is 0 Å². The molecule has 0 atom stereocenters. The fourth-order valence-corrected chi connectivity index (χ4v) is 8.20. The van der Waals surface area contributed by atoms with E-state index in [2.05, 4.69) is 144 Å². The first kappa shape index (κ1) is 23.9. The molecule has 3 heterocycles. The van der Waals surface area contributed by atoms with Crippen molar-refractivity contribution in [2.45, 2.75) is 0 Å². The quantitative estimate of drug-likeness (QED) is 0.191. The minimum atomic E-state index is 0.685. The highest BCUT2D eigenvalue weighted by Gasteiger charge is 2.20. The second-order valence-electron chi connectivity index (χ2n) is 11.4.